The molecule has 0 radical (unpaired) electrons. The van der Waals surface area contributed by atoms with E-state index in [1.807, 2.05) is 0 Å². The summed E-state index contributed by atoms with van der Waals surface area (Å²) in [5.74, 6) is 0. The van der Waals surface area contributed by atoms with Crippen molar-refractivity contribution < 1.29 is 25.2 Å². The lowest BCUT2D eigenvalue weighted by atomic mass is 10.2. The van der Waals surface area contributed by atoms with Crippen LogP contribution in [0.5, 0.6) is 0 Å². The van der Waals surface area contributed by atoms with Gasteiger partial charge in [-0.15, -0.1) is 0 Å². The van der Waals surface area contributed by atoms with E-state index in [0.717, 1.165) is 0 Å². The van der Waals surface area contributed by atoms with E-state index >= 15 is 0 Å². The second kappa shape index (κ2) is 9.80. The lowest BCUT2D eigenvalue weighted by molar-refractivity contribution is -0.0388. The van der Waals surface area contributed by atoms with E-state index in [-0.39, 0.29) is 0 Å². The van der Waals surface area contributed by atoms with Crippen LogP contribution in [0.3, 0.4) is 0 Å². The molecular formula is C6H16O5. The molecule has 0 spiro atoms. The summed E-state index contributed by atoms with van der Waals surface area (Å²) in [4.78, 5) is 0. The zero-order chi connectivity index (χ0) is 9.28. The highest BCUT2D eigenvalue weighted by Gasteiger charge is 2.12. The molecule has 0 aliphatic heterocycles. The van der Waals surface area contributed by atoms with Gasteiger partial charge in [-0.05, 0) is 0 Å². The van der Waals surface area contributed by atoms with E-state index in [1.165, 1.54) is 0 Å². The van der Waals surface area contributed by atoms with E-state index < -0.39 is 25.4 Å². The molecule has 2 atom stereocenters. The highest BCUT2D eigenvalue weighted by Crippen LogP contribution is 1.88. The first kappa shape index (κ1) is 13.4. The van der Waals surface area contributed by atoms with E-state index in [2.05, 4.69) is 4.74 Å². The van der Waals surface area contributed by atoms with E-state index in [9.17, 15) is 0 Å². The van der Waals surface area contributed by atoms with Crippen molar-refractivity contribution in [2.24, 2.45) is 0 Å². The van der Waals surface area contributed by atoms with Crippen molar-refractivity contribution >= 4 is 0 Å². The van der Waals surface area contributed by atoms with Gasteiger partial charge in [-0.1, -0.05) is 0 Å². The summed E-state index contributed by atoms with van der Waals surface area (Å²) in [6, 6.07) is 0. The Balaban J connectivity index is 0. The van der Waals surface area contributed by atoms with Gasteiger partial charge in [0, 0.05) is 14.2 Å². The van der Waals surface area contributed by atoms with Crippen LogP contribution in [0.2, 0.25) is 0 Å². The van der Waals surface area contributed by atoms with Crippen molar-refractivity contribution in [2.75, 3.05) is 27.4 Å². The summed E-state index contributed by atoms with van der Waals surface area (Å²) in [5.41, 5.74) is 0. The molecule has 0 bridgehead atoms. The summed E-state index contributed by atoms with van der Waals surface area (Å²) in [5, 5.41) is 33.2. The Labute approximate surface area is 65.9 Å². The second-order valence-electron chi connectivity index (χ2n) is 1.91. The van der Waals surface area contributed by atoms with Gasteiger partial charge in [-0.2, -0.15) is 0 Å². The highest BCUT2D eigenvalue weighted by molar-refractivity contribution is 4.62. The molecule has 11 heavy (non-hydrogen) atoms. The Morgan fingerprint density at radius 2 is 1.18 bits per heavy atom. The number of rotatable bonds is 3. The predicted molar refractivity (Wildman–Crippen MR) is 39.1 cm³/mol. The van der Waals surface area contributed by atoms with Gasteiger partial charge in [-0.25, -0.2) is 0 Å². The summed E-state index contributed by atoms with van der Waals surface area (Å²) >= 11 is 0. The Bertz CT molecular complexity index is 60.0. The first-order valence-corrected chi connectivity index (χ1v) is 3.12. The summed E-state index contributed by atoms with van der Waals surface area (Å²) in [6.07, 6.45) is -2.44. The van der Waals surface area contributed by atoms with Crippen LogP contribution < -0.4 is 0 Å². The van der Waals surface area contributed by atoms with Gasteiger partial charge < -0.3 is 25.2 Å². The molecular weight excluding hydrogens is 152 g/mol. The van der Waals surface area contributed by atoms with Crippen molar-refractivity contribution in [1.82, 2.24) is 0 Å². The average Bonchev–Trinajstić information content (AvgIpc) is 2.03. The molecule has 0 aromatic carbocycles. The van der Waals surface area contributed by atoms with Gasteiger partial charge in [0.2, 0.25) is 0 Å². The van der Waals surface area contributed by atoms with E-state index in [0.29, 0.717) is 0 Å². The van der Waals surface area contributed by atoms with E-state index in [1.54, 1.807) is 14.2 Å². The molecule has 0 aliphatic carbocycles. The highest BCUT2D eigenvalue weighted by atomic mass is 16.4. The van der Waals surface area contributed by atoms with Crippen LogP contribution in [0.4, 0.5) is 0 Å². The van der Waals surface area contributed by atoms with Crippen LogP contribution in [0.1, 0.15) is 0 Å². The number of aliphatic hydroxyl groups excluding tert-OH is 4. The monoisotopic (exact) mass is 168 g/mol. The van der Waals surface area contributed by atoms with Crippen molar-refractivity contribution in [3.8, 4) is 0 Å². The molecule has 0 aromatic rings. The molecule has 70 valence electrons. The first-order chi connectivity index (χ1) is 5.13. The molecule has 0 saturated carbocycles. The zero-order valence-electron chi connectivity index (χ0n) is 6.77. The van der Waals surface area contributed by atoms with Crippen LogP contribution in [0.15, 0.2) is 0 Å². The molecule has 0 saturated heterocycles. The van der Waals surface area contributed by atoms with Crippen LogP contribution in [0.25, 0.3) is 0 Å². The molecule has 2 unspecified atom stereocenters. The van der Waals surface area contributed by atoms with Gasteiger partial charge >= 0.3 is 0 Å². The largest absolute Gasteiger partial charge is 0.394 e. The molecule has 0 aliphatic rings. The first-order valence-electron chi connectivity index (χ1n) is 3.12. The number of hydrogen-bond donors (Lipinski definition) is 4. The molecule has 0 fully saturated rings. The lowest BCUT2D eigenvalue weighted by Gasteiger charge is -2.10. The maximum absolute atomic E-state index is 8.47. The Kier molecular flexibility index (Phi) is 11.9. The summed E-state index contributed by atoms with van der Waals surface area (Å²) in [6.45, 7) is -1.05. The number of methoxy groups -OCH3 is 1. The smallest absolute Gasteiger partial charge is 0.105 e. The third kappa shape index (κ3) is 9.80. The van der Waals surface area contributed by atoms with Crippen molar-refractivity contribution in [2.45, 2.75) is 12.2 Å². The third-order valence-corrected chi connectivity index (χ3v) is 0.818. The normalized spacial score (nSPS) is 14.7. The maximum Gasteiger partial charge on any atom is 0.105 e. The maximum atomic E-state index is 8.47. The van der Waals surface area contributed by atoms with Gasteiger partial charge in [0.1, 0.15) is 12.2 Å². The fourth-order valence-corrected chi connectivity index (χ4v) is 0.243. The molecule has 0 aromatic heterocycles. The van der Waals surface area contributed by atoms with Gasteiger partial charge in [0.15, 0.2) is 0 Å². The Hall–Kier alpha value is -0.200. The fraction of sp³-hybridized carbons (Fsp3) is 1.00. The van der Waals surface area contributed by atoms with Crippen molar-refractivity contribution in [1.29, 1.82) is 0 Å². The topological polar surface area (TPSA) is 90.2 Å². The quantitative estimate of drug-likeness (QED) is 0.389. The van der Waals surface area contributed by atoms with Crippen LogP contribution in [-0.4, -0.2) is 60.1 Å². The van der Waals surface area contributed by atoms with Crippen LogP contribution in [0, 0.1) is 0 Å². The third-order valence-electron chi connectivity index (χ3n) is 0.818. The van der Waals surface area contributed by atoms with Crippen molar-refractivity contribution in [3.63, 3.8) is 0 Å². The minimum Gasteiger partial charge on any atom is -0.394 e. The van der Waals surface area contributed by atoms with Gasteiger partial charge in [0.05, 0.1) is 13.2 Å². The molecule has 0 heterocycles. The summed E-state index contributed by atoms with van der Waals surface area (Å²) < 4.78 is 4.25. The minimum absolute atomic E-state index is 0.526. The lowest BCUT2D eigenvalue weighted by Crippen LogP contribution is -2.31. The Morgan fingerprint density at radius 1 is 1.00 bits per heavy atom. The number of aliphatic hydroxyl groups is 4. The van der Waals surface area contributed by atoms with Crippen LogP contribution >= 0.6 is 0 Å². The molecule has 5 heteroatoms. The van der Waals surface area contributed by atoms with Gasteiger partial charge in [-0.3, -0.25) is 0 Å². The molecule has 5 nitrogen and oxygen atoms in total. The minimum atomic E-state index is -1.22. The van der Waals surface area contributed by atoms with Gasteiger partial charge in [0.25, 0.3) is 0 Å². The average molecular weight is 168 g/mol. The standard InChI is InChI=1S/C4H10O4.C2H6O/c5-1-3(7)4(8)2-6;1-3-2/h3-8H,1-2H2;1-2H3. The molecule has 0 rings (SSSR count). The second-order valence-corrected chi connectivity index (χ2v) is 1.91. The fourth-order valence-electron chi connectivity index (χ4n) is 0.243. The summed E-state index contributed by atoms with van der Waals surface area (Å²) in [7, 11) is 3.25. The number of hydrogen-bond acceptors (Lipinski definition) is 5. The van der Waals surface area contributed by atoms with E-state index in [4.69, 9.17) is 20.4 Å². The predicted octanol–water partition coefficient (Wildman–Crippen LogP) is -2.04. The molecule has 0 amide bonds. The SMILES string of the molecule is COC.OCC(O)C(O)CO. The Morgan fingerprint density at radius 3 is 1.27 bits per heavy atom. The molecule has 4 N–H and O–H groups in total. The van der Waals surface area contributed by atoms with Crippen molar-refractivity contribution in [3.05, 3.63) is 0 Å². The zero-order valence-corrected chi connectivity index (χ0v) is 6.77. The van der Waals surface area contributed by atoms with Crippen LogP contribution in [-0.2, 0) is 4.74 Å². The number of ether oxygens (including phenoxy) is 1.